The van der Waals surface area contributed by atoms with Gasteiger partial charge in [-0.25, -0.2) is 9.59 Å². The molecule has 0 saturated carbocycles. The number of carbonyl (C=O) groups excluding carboxylic acids is 2. The third-order valence-corrected chi connectivity index (χ3v) is 7.23. The lowest BCUT2D eigenvalue weighted by Crippen LogP contribution is -2.29. The van der Waals surface area contributed by atoms with Gasteiger partial charge >= 0.3 is 11.9 Å². The highest BCUT2D eigenvalue weighted by Gasteiger charge is 2.25. The highest BCUT2D eigenvalue weighted by molar-refractivity contribution is 6.02. The van der Waals surface area contributed by atoms with Gasteiger partial charge in [-0.05, 0) is 63.4 Å². The molecule has 4 heteroatoms. The Balaban J connectivity index is 1.36. The number of ether oxygens (including phenoxy) is 2. The minimum atomic E-state index is -1.04. The van der Waals surface area contributed by atoms with Crippen molar-refractivity contribution in [3.63, 3.8) is 0 Å². The maximum atomic E-state index is 13.4. The van der Waals surface area contributed by atoms with E-state index in [1.165, 1.54) is 0 Å². The van der Waals surface area contributed by atoms with Crippen LogP contribution in [0.3, 0.4) is 0 Å². The van der Waals surface area contributed by atoms with E-state index in [2.05, 4.69) is 31.2 Å². The zero-order valence-electron chi connectivity index (χ0n) is 22.8. The Kier molecular flexibility index (Phi) is 8.87. The van der Waals surface area contributed by atoms with Gasteiger partial charge in [-0.15, -0.1) is 0 Å². The summed E-state index contributed by atoms with van der Waals surface area (Å²) in [5.41, 5.74) is 1.35. The summed E-state index contributed by atoms with van der Waals surface area (Å²) in [5.74, 6) is -1.09. The van der Waals surface area contributed by atoms with E-state index in [9.17, 15) is 9.59 Å². The normalized spacial score (nSPS) is 12.2. The molecular formula is C36H34O4. The Morgan fingerprint density at radius 1 is 0.725 bits per heavy atom. The van der Waals surface area contributed by atoms with Gasteiger partial charge in [0.05, 0.1) is 5.56 Å². The molecule has 5 aromatic rings. The number of fused-ring (bicyclic) bond motifs is 3. The number of rotatable bonds is 11. The molecule has 0 aromatic heterocycles. The molecule has 202 valence electrons. The largest absolute Gasteiger partial charge is 0.458 e. The second-order valence-corrected chi connectivity index (χ2v) is 10.1. The van der Waals surface area contributed by atoms with Gasteiger partial charge in [0.2, 0.25) is 6.10 Å². The molecule has 40 heavy (non-hydrogen) atoms. The van der Waals surface area contributed by atoms with Gasteiger partial charge in [-0.2, -0.15) is 0 Å². The van der Waals surface area contributed by atoms with E-state index in [4.69, 9.17) is 9.47 Å². The van der Waals surface area contributed by atoms with Crippen molar-refractivity contribution in [1.82, 2.24) is 0 Å². The average Bonchev–Trinajstić information content (AvgIpc) is 2.99. The van der Waals surface area contributed by atoms with Gasteiger partial charge in [-0.3, -0.25) is 0 Å². The number of unbranched alkanes of at least 4 members (excludes halogenated alkanes) is 3. The molecule has 0 spiro atoms. The second kappa shape index (κ2) is 13.1. The van der Waals surface area contributed by atoms with Crippen molar-refractivity contribution in [2.75, 3.05) is 0 Å². The Morgan fingerprint density at radius 3 is 2.08 bits per heavy atom. The summed E-state index contributed by atoms with van der Waals surface area (Å²) < 4.78 is 11.6. The van der Waals surface area contributed by atoms with Crippen LogP contribution >= 0.6 is 0 Å². The molecule has 0 bridgehead atoms. The van der Waals surface area contributed by atoms with Crippen LogP contribution in [-0.4, -0.2) is 18.0 Å². The Labute approximate surface area is 235 Å². The molecule has 0 saturated heterocycles. The van der Waals surface area contributed by atoms with Gasteiger partial charge in [-0.1, -0.05) is 111 Å². The van der Waals surface area contributed by atoms with Gasteiger partial charge in [0, 0.05) is 12.0 Å². The Hall–Kier alpha value is -4.44. The molecule has 0 aliphatic carbocycles. The first-order chi connectivity index (χ1) is 19.6. The van der Waals surface area contributed by atoms with E-state index in [-0.39, 0.29) is 13.0 Å². The predicted octanol–water partition coefficient (Wildman–Crippen LogP) is 8.94. The zero-order chi connectivity index (χ0) is 27.7. The fourth-order valence-electron chi connectivity index (χ4n) is 5.06. The summed E-state index contributed by atoms with van der Waals surface area (Å²) in [6.45, 7) is 2.26. The number of carbonyl (C=O) groups is 2. The standard InChI is InChI=1S/C36H34O4/c1-2-3-4-5-6-7-20-34(40-35(37)30-22-21-26-14-8-9-15-27(26)23-30)36(38)39-25-33-31-18-12-10-16-28(31)24-29-17-11-13-19-32(29)33/h6-19,21-24,34H,2-5,20,25H2,1H3/b7-6-/t34-/m0/s1. The average molecular weight is 531 g/mol. The third-order valence-electron chi connectivity index (χ3n) is 7.23. The highest BCUT2D eigenvalue weighted by atomic mass is 16.6. The summed E-state index contributed by atoms with van der Waals surface area (Å²) >= 11 is 0. The molecule has 0 amide bonds. The number of benzene rings is 5. The number of hydrogen-bond acceptors (Lipinski definition) is 4. The summed E-state index contributed by atoms with van der Waals surface area (Å²) in [5, 5.41) is 6.22. The molecule has 5 rings (SSSR count). The monoisotopic (exact) mass is 530 g/mol. The summed E-state index contributed by atoms with van der Waals surface area (Å²) in [4.78, 5) is 26.5. The molecule has 0 N–H and O–H groups in total. The minimum absolute atomic E-state index is 0.0882. The third kappa shape index (κ3) is 6.40. The van der Waals surface area contributed by atoms with E-state index < -0.39 is 18.0 Å². The van der Waals surface area contributed by atoms with Gasteiger partial charge in [0.15, 0.2) is 0 Å². The second-order valence-electron chi connectivity index (χ2n) is 10.1. The summed E-state index contributed by atoms with van der Waals surface area (Å²) in [7, 11) is 0. The molecule has 0 unspecified atom stereocenters. The van der Waals surface area contributed by atoms with Crippen LogP contribution < -0.4 is 0 Å². The first kappa shape index (κ1) is 27.1. The van der Waals surface area contributed by atoms with Crippen molar-refractivity contribution in [3.8, 4) is 0 Å². The van der Waals surface area contributed by atoms with Crippen LogP contribution in [0, 0.1) is 0 Å². The van der Waals surface area contributed by atoms with Crippen LogP contribution in [0.4, 0.5) is 0 Å². The number of hydrogen-bond donors (Lipinski definition) is 0. The quantitative estimate of drug-likeness (QED) is 0.0740. The van der Waals surface area contributed by atoms with E-state index in [0.717, 1.165) is 63.6 Å². The van der Waals surface area contributed by atoms with Crippen molar-refractivity contribution < 1.29 is 19.1 Å². The van der Waals surface area contributed by atoms with Crippen LogP contribution in [0.25, 0.3) is 32.3 Å². The molecule has 0 aliphatic rings. The van der Waals surface area contributed by atoms with Crippen LogP contribution in [0.2, 0.25) is 0 Å². The van der Waals surface area contributed by atoms with E-state index in [1.54, 1.807) is 12.1 Å². The van der Waals surface area contributed by atoms with Crippen molar-refractivity contribution in [3.05, 3.63) is 120 Å². The number of allylic oxidation sites excluding steroid dienone is 1. The molecule has 1 atom stereocenters. The predicted molar refractivity (Wildman–Crippen MR) is 162 cm³/mol. The number of esters is 2. The minimum Gasteiger partial charge on any atom is -0.458 e. The maximum absolute atomic E-state index is 13.4. The van der Waals surface area contributed by atoms with Gasteiger partial charge in [0.1, 0.15) is 6.61 Å². The molecule has 0 radical (unpaired) electrons. The van der Waals surface area contributed by atoms with Crippen molar-refractivity contribution >= 4 is 44.3 Å². The maximum Gasteiger partial charge on any atom is 0.348 e. The molecule has 5 aromatic carbocycles. The zero-order valence-corrected chi connectivity index (χ0v) is 22.8. The van der Waals surface area contributed by atoms with E-state index in [0.29, 0.717) is 5.56 Å². The summed E-state index contributed by atoms with van der Waals surface area (Å²) in [6, 6.07) is 31.6. The van der Waals surface area contributed by atoms with Crippen molar-refractivity contribution in [2.45, 2.75) is 51.7 Å². The molecule has 0 aliphatic heterocycles. The topological polar surface area (TPSA) is 52.6 Å². The molecule has 4 nitrogen and oxygen atoms in total. The van der Waals surface area contributed by atoms with Gasteiger partial charge in [0.25, 0.3) is 0 Å². The highest BCUT2D eigenvalue weighted by Crippen LogP contribution is 2.29. The van der Waals surface area contributed by atoms with Crippen LogP contribution in [-0.2, 0) is 20.9 Å². The van der Waals surface area contributed by atoms with E-state index >= 15 is 0 Å². The SMILES string of the molecule is CCCCC/C=C\C[C@H](OC(=O)c1ccc2ccccc2c1)C(=O)OCc1c2ccccc2cc2ccccc12. The lowest BCUT2D eigenvalue weighted by molar-refractivity contribution is -0.155. The lowest BCUT2D eigenvalue weighted by atomic mass is 9.97. The van der Waals surface area contributed by atoms with Crippen LogP contribution in [0.5, 0.6) is 0 Å². The smallest absolute Gasteiger partial charge is 0.348 e. The molecule has 0 fully saturated rings. The van der Waals surface area contributed by atoms with Crippen molar-refractivity contribution in [1.29, 1.82) is 0 Å². The Morgan fingerprint density at radius 2 is 1.38 bits per heavy atom. The molecule has 0 heterocycles. The molecular weight excluding hydrogens is 496 g/mol. The van der Waals surface area contributed by atoms with Crippen molar-refractivity contribution in [2.24, 2.45) is 0 Å². The first-order valence-corrected chi connectivity index (χ1v) is 14.0. The van der Waals surface area contributed by atoms with E-state index in [1.807, 2.05) is 72.8 Å². The van der Waals surface area contributed by atoms with Crippen LogP contribution in [0.15, 0.2) is 109 Å². The lowest BCUT2D eigenvalue weighted by Gasteiger charge is -2.17. The van der Waals surface area contributed by atoms with Crippen LogP contribution in [0.1, 0.15) is 54.9 Å². The fraction of sp³-hybridized carbons (Fsp3) is 0.222. The first-order valence-electron chi connectivity index (χ1n) is 14.0. The van der Waals surface area contributed by atoms with Gasteiger partial charge < -0.3 is 9.47 Å². The fourth-order valence-corrected chi connectivity index (χ4v) is 5.06. The Bertz CT molecular complexity index is 1610. The summed E-state index contributed by atoms with van der Waals surface area (Å²) in [6.07, 6.45) is 7.52.